The number of carbonyl (C=O) groups is 2. The van der Waals surface area contributed by atoms with Gasteiger partial charge in [0.15, 0.2) is 5.11 Å². The Morgan fingerprint density at radius 1 is 1.21 bits per heavy atom. The van der Waals surface area contributed by atoms with Gasteiger partial charge in [0.1, 0.15) is 11.4 Å². The van der Waals surface area contributed by atoms with Gasteiger partial charge in [-0.05, 0) is 49.0 Å². The maximum Gasteiger partial charge on any atom is 0.344 e. The number of hydrazine groups is 1. The number of thiocarbonyl (C=S) groups is 1. The van der Waals surface area contributed by atoms with Gasteiger partial charge in [-0.1, -0.05) is 12.1 Å². The summed E-state index contributed by atoms with van der Waals surface area (Å²) in [6.07, 6.45) is 0. The molecule has 11 heteroatoms. The first-order valence-corrected chi connectivity index (χ1v) is 8.37. The first kappa shape index (κ1) is 19.2. The summed E-state index contributed by atoms with van der Waals surface area (Å²) in [6, 6.07) is 10.2. The molecule has 1 aliphatic rings. The van der Waals surface area contributed by atoms with Crippen molar-refractivity contribution in [1.82, 2.24) is 15.8 Å². The van der Waals surface area contributed by atoms with Gasteiger partial charge >= 0.3 is 6.03 Å². The molecule has 1 atom stereocenters. The molecule has 0 unspecified atom stereocenters. The number of non-ortho nitro benzene ring substituents is 1. The van der Waals surface area contributed by atoms with Crippen LogP contribution in [0.4, 0.5) is 20.6 Å². The number of nitro benzene ring substituents is 1. The number of imide groups is 1. The van der Waals surface area contributed by atoms with Gasteiger partial charge in [-0.25, -0.2) is 9.18 Å². The summed E-state index contributed by atoms with van der Waals surface area (Å²) in [5, 5.41) is 16.4. The molecule has 0 bridgehead atoms. The first-order valence-electron chi connectivity index (χ1n) is 7.96. The molecule has 0 saturated carbocycles. The number of carbonyl (C=O) groups excluding carboxylic acids is 2. The lowest BCUT2D eigenvalue weighted by Gasteiger charge is -2.22. The smallest absolute Gasteiger partial charge is 0.329 e. The SMILES string of the molecule is C[C@]1(c2ccc([N+](=O)[O-])cc2)NC(=O)N(NC(=S)Nc2ccccc2F)C1=O. The average molecular weight is 403 g/mol. The van der Waals surface area contributed by atoms with Crippen LogP contribution in [0.2, 0.25) is 0 Å². The minimum atomic E-state index is -1.45. The summed E-state index contributed by atoms with van der Waals surface area (Å²) in [6.45, 7) is 1.46. The second kappa shape index (κ2) is 7.19. The average Bonchev–Trinajstić information content (AvgIpc) is 2.88. The maximum absolute atomic E-state index is 13.7. The summed E-state index contributed by atoms with van der Waals surface area (Å²) in [5.41, 5.74) is 1.26. The van der Waals surface area contributed by atoms with E-state index in [1.165, 1.54) is 49.4 Å². The van der Waals surface area contributed by atoms with Gasteiger partial charge < -0.3 is 10.6 Å². The normalized spacial score (nSPS) is 18.6. The van der Waals surface area contributed by atoms with E-state index in [0.717, 1.165) is 0 Å². The van der Waals surface area contributed by atoms with E-state index in [4.69, 9.17) is 12.2 Å². The van der Waals surface area contributed by atoms with Crippen molar-refractivity contribution in [3.63, 3.8) is 0 Å². The highest BCUT2D eigenvalue weighted by molar-refractivity contribution is 7.80. The van der Waals surface area contributed by atoms with Crippen molar-refractivity contribution in [2.45, 2.75) is 12.5 Å². The number of nitro groups is 1. The molecule has 0 radical (unpaired) electrons. The van der Waals surface area contributed by atoms with Crippen LogP contribution < -0.4 is 16.1 Å². The molecule has 1 saturated heterocycles. The Morgan fingerprint density at radius 3 is 2.46 bits per heavy atom. The van der Waals surface area contributed by atoms with Gasteiger partial charge in [-0.3, -0.25) is 20.3 Å². The van der Waals surface area contributed by atoms with Crippen molar-refractivity contribution in [2.24, 2.45) is 0 Å². The highest BCUT2D eigenvalue weighted by Crippen LogP contribution is 2.29. The van der Waals surface area contributed by atoms with E-state index in [1.807, 2.05) is 0 Å². The Labute approximate surface area is 163 Å². The van der Waals surface area contributed by atoms with Crippen molar-refractivity contribution in [2.75, 3.05) is 5.32 Å². The van der Waals surface area contributed by atoms with Crippen LogP contribution >= 0.6 is 12.2 Å². The Hall–Kier alpha value is -3.60. The molecule has 2 aromatic carbocycles. The third kappa shape index (κ3) is 3.47. The minimum Gasteiger partial charge on any atom is -0.329 e. The largest absolute Gasteiger partial charge is 0.344 e. The molecule has 1 fully saturated rings. The number of anilines is 1. The number of hydrogen-bond acceptors (Lipinski definition) is 5. The standard InChI is InChI=1S/C17H14FN5O4S/c1-17(10-6-8-11(9-7-10)23(26)27)14(24)22(16(25)20-17)21-15(28)19-13-5-3-2-4-12(13)18/h2-9H,1H3,(H,20,25)(H2,19,21,28)/t17-/m1/s1. The summed E-state index contributed by atoms with van der Waals surface area (Å²) in [5.74, 6) is -1.23. The third-order valence-electron chi connectivity index (χ3n) is 4.18. The van der Waals surface area contributed by atoms with E-state index in [-0.39, 0.29) is 16.5 Å². The Bertz CT molecular complexity index is 984. The third-order valence-corrected chi connectivity index (χ3v) is 4.38. The van der Waals surface area contributed by atoms with E-state index in [9.17, 15) is 24.1 Å². The molecule has 3 amide bonds. The van der Waals surface area contributed by atoms with Crippen LogP contribution in [-0.4, -0.2) is 27.0 Å². The van der Waals surface area contributed by atoms with Crippen molar-refractivity contribution in [3.05, 3.63) is 70.0 Å². The second-order valence-electron chi connectivity index (χ2n) is 6.05. The lowest BCUT2D eigenvalue weighted by molar-refractivity contribution is -0.384. The molecule has 3 rings (SSSR count). The first-order chi connectivity index (χ1) is 13.2. The summed E-state index contributed by atoms with van der Waals surface area (Å²) >= 11 is 5.04. The van der Waals surface area contributed by atoms with E-state index in [1.54, 1.807) is 6.07 Å². The van der Waals surface area contributed by atoms with E-state index in [2.05, 4.69) is 16.1 Å². The Balaban J connectivity index is 1.76. The number of urea groups is 1. The summed E-state index contributed by atoms with van der Waals surface area (Å²) in [4.78, 5) is 35.3. The Kier molecular flexibility index (Phi) is 4.92. The molecule has 0 aromatic heterocycles. The number of nitrogens with one attached hydrogen (secondary N) is 3. The number of rotatable bonds is 4. The highest BCUT2D eigenvalue weighted by Gasteiger charge is 2.49. The van der Waals surface area contributed by atoms with Crippen LogP contribution in [0, 0.1) is 15.9 Å². The summed E-state index contributed by atoms with van der Waals surface area (Å²) in [7, 11) is 0. The van der Waals surface area contributed by atoms with Gasteiger partial charge in [0.05, 0.1) is 10.6 Å². The molecule has 0 spiro atoms. The fourth-order valence-electron chi connectivity index (χ4n) is 2.67. The molecule has 28 heavy (non-hydrogen) atoms. The molecule has 9 nitrogen and oxygen atoms in total. The number of para-hydroxylation sites is 1. The van der Waals surface area contributed by atoms with Gasteiger partial charge in [0.25, 0.3) is 11.6 Å². The van der Waals surface area contributed by atoms with Crippen LogP contribution in [0.15, 0.2) is 48.5 Å². The number of benzene rings is 2. The van der Waals surface area contributed by atoms with E-state index in [0.29, 0.717) is 10.6 Å². The highest BCUT2D eigenvalue weighted by atomic mass is 32.1. The predicted octanol–water partition coefficient (Wildman–Crippen LogP) is 2.40. The second-order valence-corrected chi connectivity index (χ2v) is 6.45. The Morgan fingerprint density at radius 2 is 1.86 bits per heavy atom. The molecule has 1 heterocycles. The van der Waals surface area contributed by atoms with Crippen molar-refractivity contribution in [3.8, 4) is 0 Å². The molecular weight excluding hydrogens is 389 g/mol. The maximum atomic E-state index is 13.7. The molecule has 0 aliphatic carbocycles. The molecule has 144 valence electrons. The van der Waals surface area contributed by atoms with E-state index >= 15 is 0 Å². The molecule has 2 aromatic rings. The van der Waals surface area contributed by atoms with Crippen molar-refractivity contribution >= 4 is 40.6 Å². The minimum absolute atomic E-state index is 0.0742. The van der Waals surface area contributed by atoms with Crippen LogP contribution in [-0.2, 0) is 10.3 Å². The van der Waals surface area contributed by atoms with Crippen LogP contribution in [0.3, 0.4) is 0 Å². The zero-order valence-corrected chi connectivity index (χ0v) is 15.2. The van der Waals surface area contributed by atoms with Crippen molar-refractivity contribution in [1.29, 1.82) is 0 Å². The number of amides is 3. The van der Waals surface area contributed by atoms with Crippen molar-refractivity contribution < 1.29 is 18.9 Å². The molecule has 3 N–H and O–H groups in total. The summed E-state index contributed by atoms with van der Waals surface area (Å²) < 4.78 is 13.7. The topological polar surface area (TPSA) is 117 Å². The predicted molar refractivity (Wildman–Crippen MR) is 102 cm³/mol. The van der Waals surface area contributed by atoms with Crippen LogP contribution in [0.5, 0.6) is 0 Å². The molecule has 1 aliphatic heterocycles. The van der Waals surface area contributed by atoms with Gasteiger partial charge in [0, 0.05) is 12.1 Å². The fourth-order valence-corrected chi connectivity index (χ4v) is 2.87. The lowest BCUT2D eigenvalue weighted by atomic mass is 9.92. The zero-order valence-electron chi connectivity index (χ0n) is 14.4. The zero-order chi connectivity index (χ0) is 20.5. The molecular formula is C17H14FN5O4S. The number of nitrogens with zero attached hydrogens (tertiary/aromatic N) is 2. The van der Waals surface area contributed by atoms with Gasteiger partial charge in [-0.2, -0.15) is 5.01 Å². The van der Waals surface area contributed by atoms with Gasteiger partial charge in [-0.15, -0.1) is 0 Å². The van der Waals surface area contributed by atoms with E-state index < -0.39 is 28.2 Å². The van der Waals surface area contributed by atoms with Crippen LogP contribution in [0.25, 0.3) is 0 Å². The fraction of sp³-hybridized carbons (Fsp3) is 0.118. The monoisotopic (exact) mass is 403 g/mol. The van der Waals surface area contributed by atoms with Crippen LogP contribution in [0.1, 0.15) is 12.5 Å². The van der Waals surface area contributed by atoms with Gasteiger partial charge in [0.2, 0.25) is 0 Å². The quantitative estimate of drug-likeness (QED) is 0.311. The lowest BCUT2D eigenvalue weighted by Crippen LogP contribution is -2.49. The number of halogens is 1. The number of hydrogen-bond donors (Lipinski definition) is 3.